The molecule has 1 aromatic rings. The van der Waals surface area contributed by atoms with Crippen LogP contribution in [-0.4, -0.2) is 39.7 Å². The Morgan fingerprint density at radius 2 is 2.04 bits per heavy atom. The second kappa shape index (κ2) is 9.12. The molecule has 154 valence electrons. The Hall–Kier alpha value is -0.820. The van der Waals surface area contributed by atoms with Gasteiger partial charge in [-0.25, -0.2) is 0 Å². The molecule has 2 heterocycles. The molecule has 1 aliphatic heterocycles. The first-order valence-electron chi connectivity index (χ1n) is 9.82. The summed E-state index contributed by atoms with van der Waals surface area (Å²) >= 11 is 0. The highest BCUT2D eigenvalue weighted by Gasteiger charge is 2.48. The van der Waals surface area contributed by atoms with E-state index in [1.54, 1.807) is 0 Å². The minimum atomic E-state index is 0. The van der Waals surface area contributed by atoms with E-state index in [9.17, 15) is 4.79 Å². The van der Waals surface area contributed by atoms with Gasteiger partial charge in [-0.05, 0) is 43.1 Å². The fourth-order valence-corrected chi connectivity index (χ4v) is 5.16. The monoisotopic (exact) mass is 417 g/mol. The van der Waals surface area contributed by atoms with Crippen molar-refractivity contribution < 1.29 is 4.79 Å². The van der Waals surface area contributed by atoms with Crippen molar-refractivity contribution >= 4 is 30.7 Å². The highest BCUT2D eigenvalue weighted by molar-refractivity contribution is 5.85. The predicted molar refractivity (Wildman–Crippen MR) is 111 cm³/mol. The summed E-state index contributed by atoms with van der Waals surface area (Å²) < 4.78 is 2.10. The zero-order valence-corrected chi connectivity index (χ0v) is 17.9. The van der Waals surface area contributed by atoms with Crippen LogP contribution in [0.5, 0.6) is 0 Å². The molecule has 6 nitrogen and oxygen atoms in total. The van der Waals surface area contributed by atoms with Gasteiger partial charge in [-0.15, -0.1) is 24.8 Å². The van der Waals surface area contributed by atoms with Crippen molar-refractivity contribution in [3.63, 3.8) is 0 Å². The third kappa shape index (κ3) is 4.61. The molecule has 2 aliphatic carbocycles. The number of hydrogen-bond donors (Lipinski definition) is 2. The Morgan fingerprint density at radius 1 is 1.30 bits per heavy atom. The van der Waals surface area contributed by atoms with E-state index >= 15 is 0 Å². The van der Waals surface area contributed by atoms with Gasteiger partial charge in [0.05, 0.1) is 30.4 Å². The summed E-state index contributed by atoms with van der Waals surface area (Å²) in [5.41, 5.74) is 8.50. The Balaban J connectivity index is 0.00000131. The summed E-state index contributed by atoms with van der Waals surface area (Å²) in [7, 11) is 0. The average molecular weight is 418 g/mol. The maximum Gasteiger partial charge on any atom is 0.225 e. The Morgan fingerprint density at radius 3 is 2.70 bits per heavy atom. The second-order valence-electron chi connectivity index (χ2n) is 8.63. The molecule has 2 fully saturated rings. The first-order chi connectivity index (χ1) is 12.0. The Labute approximate surface area is 174 Å². The number of nitrogens with one attached hydrogen (secondary N) is 1. The largest absolute Gasteiger partial charge is 0.350 e. The van der Waals surface area contributed by atoms with Crippen LogP contribution >= 0.6 is 24.8 Å². The van der Waals surface area contributed by atoms with Crippen LogP contribution in [-0.2, 0) is 24.4 Å². The number of hydrogen-bond acceptors (Lipinski definition) is 4. The van der Waals surface area contributed by atoms with Crippen molar-refractivity contribution in [2.24, 2.45) is 29.4 Å². The van der Waals surface area contributed by atoms with Gasteiger partial charge in [-0.3, -0.25) is 14.4 Å². The molecule has 1 aromatic heterocycles. The van der Waals surface area contributed by atoms with Crippen molar-refractivity contribution in [2.75, 3.05) is 13.1 Å². The van der Waals surface area contributed by atoms with E-state index in [1.165, 1.54) is 18.5 Å². The van der Waals surface area contributed by atoms with Crippen LogP contribution < -0.4 is 11.1 Å². The third-order valence-corrected chi connectivity index (χ3v) is 6.28. The minimum absolute atomic E-state index is 0. The zero-order valence-electron chi connectivity index (χ0n) is 16.3. The molecule has 0 radical (unpaired) electrons. The molecule has 1 amide bonds. The quantitative estimate of drug-likeness (QED) is 0.769. The molecule has 4 rings (SSSR count). The summed E-state index contributed by atoms with van der Waals surface area (Å²) in [6.07, 6.45) is 3.51. The lowest BCUT2D eigenvalue weighted by atomic mass is 9.84. The van der Waals surface area contributed by atoms with Crippen LogP contribution in [0, 0.1) is 23.7 Å². The van der Waals surface area contributed by atoms with E-state index in [0.717, 1.165) is 38.3 Å². The molecule has 0 spiro atoms. The number of carbonyl (C=O) groups is 1. The van der Waals surface area contributed by atoms with Crippen molar-refractivity contribution in [3.8, 4) is 0 Å². The number of amides is 1. The maximum absolute atomic E-state index is 12.6. The Kier molecular flexibility index (Phi) is 7.59. The predicted octanol–water partition coefficient (Wildman–Crippen LogP) is 2.19. The van der Waals surface area contributed by atoms with Gasteiger partial charge in [0, 0.05) is 25.7 Å². The molecule has 3 aliphatic rings. The normalized spacial score (nSPS) is 29.2. The van der Waals surface area contributed by atoms with Gasteiger partial charge in [0.15, 0.2) is 0 Å². The fraction of sp³-hybridized carbons (Fsp3) is 0.789. The summed E-state index contributed by atoms with van der Waals surface area (Å²) in [4.78, 5) is 15.1. The van der Waals surface area contributed by atoms with Gasteiger partial charge in [0.1, 0.15) is 0 Å². The molecule has 0 unspecified atom stereocenters. The lowest BCUT2D eigenvalue weighted by Crippen LogP contribution is -2.45. The SMILES string of the molecule is CC(C)CN1CCn2nc(CNC(=O)[C@@H]3[C@@H]4CC[C@@H](C4)[C@@H]3N)cc2C1.Cl.Cl. The van der Waals surface area contributed by atoms with Gasteiger partial charge in [-0.2, -0.15) is 5.10 Å². The van der Waals surface area contributed by atoms with E-state index < -0.39 is 0 Å². The number of nitrogens with two attached hydrogens (primary N) is 1. The van der Waals surface area contributed by atoms with Gasteiger partial charge >= 0.3 is 0 Å². The molecule has 2 saturated carbocycles. The number of nitrogens with zero attached hydrogens (tertiary/aromatic N) is 3. The summed E-state index contributed by atoms with van der Waals surface area (Å²) in [5.74, 6) is 1.89. The zero-order chi connectivity index (χ0) is 17.6. The molecular weight excluding hydrogens is 385 g/mol. The second-order valence-corrected chi connectivity index (χ2v) is 8.63. The van der Waals surface area contributed by atoms with E-state index in [-0.39, 0.29) is 42.7 Å². The van der Waals surface area contributed by atoms with Crippen LogP contribution in [0.3, 0.4) is 0 Å². The number of carbonyl (C=O) groups excluding carboxylic acids is 1. The standard InChI is InChI=1S/C19H31N5O.2ClH/c1-12(2)10-23-5-6-24-16(11-23)8-15(22-24)9-21-19(25)17-13-3-4-14(7-13)18(17)20;;/h8,12-14,17-18H,3-7,9-11,20H2,1-2H3,(H,21,25);2*1H/t13-,14+,17-,18+;;/m1../s1. The molecule has 3 N–H and O–H groups in total. The van der Waals surface area contributed by atoms with E-state index in [0.29, 0.717) is 24.3 Å². The van der Waals surface area contributed by atoms with Gasteiger partial charge in [-0.1, -0.05) is 13.8 Å². The maximum atomic E-state index is 12.6. The first kappa shape index (κ1) is 22.5. The van der Waals surface area contributed by atoms with Crippen molar-refractivity contribution in [1.82, 2.24) is 20.0 Å². The number of rotatable bonds is 5. The van der Waals surface area contributed by atoms with Crippen molar-refractivity contribution in [3.05, 3.63) is 17.5 Å². The number of halogens is 2. The smallest absolute Gasteiger partial charge is 0.225 e. The molecule has 4 atom stereocenters. The fourth-order valence-electron chi connectivity index (χ4n) is 5.16. The highest BCUT2D eigenvalue weighted by Crippen LogP contribution is 2.47. The van der Waals surface area contributed by atoms with Crippen LogP contribution in [0.15, 0.2) is 6.07 Å². The van der Waals surface area contributed by atoms with Crippen LogP contribution in [0.4, 0.5) is 0 Å². The van der Waals surface area contributed by atoms with Crippen LogP contribution in [0.1, 0.15) is 44.5 Å². The van der Waals surface area contributed by atoms with Crippen molar-refractivity contribution in [2.45, 2.75) is 58.8 Å². The topological polar surface area (TPSA) is 76.2 Å². The van der Waals surface area contributed by atoms with Gasteiger partial charge < -0.3 is 11.1 Å². The summed E-state index contributed by atoms with van der Waals surface area (Å²) in [5, 5.41) is 7.77. The average Bonchev–Trinajstić information content (AvgIpc) is 3.25. The Bertz CT molecular complexity index is 648. The third-order valence-electron chi connectivity index (χ3n) is 6.28. The minimum Gasteiger partial charge on any atom is -0.350 e. The lowest BCUT2D eigenvalue weighted by molar-refractivity contribution is -0.127. The van der Waals surface area contributed by atoms with Gasteiger partial charge in [0.25, 0.3) is 0 Å². The van der Waals surface area contributed by atoms with Crippen LogP contribution in [0.25, 0.3) is 0 Å². The van der Waals surface area contributed by atoms with E-state index in [4.69, 9.17) is 5.73 Å². The summed E-state index contributed by atoms with van der Waals surface area (Å²) in [6, 6.07) is 2.20. The number of fused-ring (bicyclic) bond motifs is 3. The van der Waals surface area contributed by atoms with Crippen molar-refractivity contribution in [1.29, 1.82) is 0 Å². The molecule has 0 saturated heterocycles. The first-order valence-corrected chi connectivity index (χ1v) is 9.82. The van der Waals surface area contributed by atoms with E-state index in [1.807, 2.05) is 0 Å². The lowest BCUT2D eigenvalue weighted by Gasteiger charge is -2.28. The molecule has 0 aromatic carbocycles. The van der Waals surface area contributed by atoms with Crippen LogP contribution in [0.2, 0.25) is 0 Å². The number of aromatic nitrogens is 2. The highest BCUT2D eigenvalue weighted by atomic mass is 35.5. The molecule has 27 heavy (non-hydrogen) atoms. The van der Waals surface area contributed by atoms with E-state index in [2.05, 4.69) is 39.9 Å². The summed E-state index contributed by atoms with van der Waals surface area (Å²) in [6.45, 7) is 9.10. The van der Waals surface area contributed by atoms with Gasteiger partial charge in [0.2, 0.25) is 5.91 Å². The molecule has 8 heteroatoms. The molecule has 2 bridgehead atoms. The molecular formula is C19H33Cl2N5O.